The summed E-state index contributed by atoms with van der Waals surface area (Å²) in [5.41, 5.74) is 1.01. The number of aliphatic hydroxyl groups excluding tert-OH is 2. The van der Waals surface area contributed by atoms with Crippen LogP contribution in [0.15, 0.2) is 34.8 Å². The van der Waals surface area contributed by atoms with E-state index in [9.17, 15) is 24.6 Å². The number of esters is 2. The van der Waals surface area contributed by atoms with Gasteiger partial charge >= 0.3 is 11.9 Å². The van der Waals surface area contributed by atoms with Crippen LogP contribution in [-0.2, 0) is 23.9 Å². The van der Waals surface area contributed by atoms with E-state index < -0.39 is 48.0 Å². The maximum absolute atomic E-state index is 13.7. The second-order valence-corrected chi connectivity index (χ2v) is 12.2. The van der Waals surface area contributed by atoms with Crippen molar-refractivity contribution >= 4 is 35.1 Å². The number of ketones is 1. The average Bonchev–Trinajstić information content (AvgIpc) is 3.30. The lowest BCUT2D eigenvalue weighted by atomic mass is 9.69. The molecule has 0 unspecified atom stereocenters. The first-order chi connectivity index (χ1) is 18.4. The van der Waals surface area contributed by atoms with Crippen LogP contribution < -0.4 is 0 Å². The molecule has 39 heavy (non-hydrogen) atoms. The van der Waals surface area contributed by atoms with Gasteiger partial charge in [0.1, 0.15) is 18.5 Å². The molecule has 0 amide bonds. The van der Waals surface area contributed by atoms with E-state index in [-0.39, 0.29) is 24.7 Å². The van der Waals surface area contributed by atoms with Crippen molar-refractivity contribution in [3.05, 3.63) is 45.5 Å². The number of allylic oxidation sites excluding steroid dienone is 1. The molecule has 3 rings (SSSR count). The van der Waals surface area contributed by atoms with Crippen molar-refractivity contribution < 1.29 is 34.1 Å². The normalized spacial score (nSPS) is 33.2. The zero-order valence-corrected chi connectivity index (χ0v) is 24.3. The minimum atomic E-state index is -1.43. The molecule has 9 heteroatoms. The lowest BCUT2D eigenvalue weighted by molar-refractivity contribution is -0.154. The topological polar surface area (TPSA) is 123 Å². The molecule has 0 aromatic carbocycles. The molecule has 0 aliphatic carbocycles. The number of aliphatic hydroxyl groups is 2. The van der Waals surface area contributed by atoms with Gasteiger partial charge in [-0.25, -0.2) is 9.78 Å². The Hall–Kier alpha value is -2.62. The standard InChI is InChI=1S/C30H41NO7S/c1-18-8-6-9-22-11-12-24(19(2)14-23-17-39-21(4)31-23)38-27(34)15-25(32)30(5,29(36)20(3)28(18)35)13-7-10-26(33)37-16-22/h7,10-11,14,17-18,20,24-25,28,32,35H,6,8-9,12-13,15-16H2,1-5H3/b10-7-,19-14+,22-11?/t18-,20+,24-,25-,28-,30+/m0/s1. The van der Waals surface area contributed by atoms with Gasteiger partial charge in [-0.15, -0.1) is 11.3 Å². The number of cyclic esters (lactones) is 1. The molecule has 2 aliphatic rings. The second-order valence-electron chi connectivity index (χ2n) is 11.1. The highest BCUT2D eigenvalue weighted by atomic mass is 32.1. The van der Waals surface area contributed by atoms with Gasteiger partial charge in [0, 0.05) is 23.8 Å². The van der Waals surface area contributed by atoms with Gasteiger partial charge in [-0.05, 0) is 69.6 Å². The molecule has 214 valence electrons. The Morgan fingerprint density at radius 1 is 1.23 bits per heavy atom. The van der Waals surface area contributed by atoms with Crippen LogP contribution in [0.4, 0.5) is 0 Å². The molecule has 0 saturated heterocycles. The number of hydrogen-bond donors (Lipinski definition) is 2. The van der Waals surface area contributed by atoms with Crippen molar-refractivity contribution in [2.75, 3.05) is 6.61 Å². The minimum absolute atomic E-state index is 0.00491. The van der Waals surface area contributed by atoms with Crippen molar-refractivity contribution in [2.45, 2.75) is 91.5 Å². The zero-order valence-electron chi connectivity index (χ0n) is 23.5. The van der Waals surface area contributed by atoms with Crippen LogP contribution in [-0.4, -0.2) is 57.8 Å². The fourth-order valence-electron chi connectivity index (χ4n) is 5.20. The number of aromatic nitrogens is 1. The maximum Gasteiger partial charge on any atom is 0.330 e. The molecular weight excluding hydrogens is 518 g/mol. The van der Waals surface area contributed by atoms with Crippen LogP contribution in [0.1, 0.15) is 76.9 Å². The van der Waals surface area contributed by atoms with Gasteiger partial charge in [-0.2, -0.15) is 0 Å². The van der Waals surface area contributed by atoms with Gasteiger partial charge in [-0.1, -0.05) is 26.0 Å². The summed E-state index contributed by atoms with van der Waals surface area (Å²) in [7, 11) is 0. The number of hydrogen-bond acceptors (Lipinski definition) is 9. The molecule has 0 fully saturated rings. The smallest absolute Gasteiger partial charge is 0.330 e. The van der Waals surface area contributed by atoms with Crippen molar-refractivity contribution in [2.24, 2.45) is 17.3 Å². The molecule has 0 spiro atoms. The lowest BCUT2D eigenvalue weighted by Gasteiger charge is -2.36. The number of nitrogens with zero attached hydrogens (tertiary/aromatic N) is 1. The van der Waals surface area contributed by atoms with Gasteiger partial charge in [0.05, 0.1) is 34.7 Å². The Balaban J connectivity index is 2.06. The van der Waals surface area contributed by atoms with Gasteiger partial charge in [0.15, 0.2) is 0 Å². The van der Waals surface area contributed by atoms with Crippen LogP contribution in [0.5, 0.6) is 0 Å². The van der Waals surface area contributed by atoms with Crippen LogP contribution in [0, 0.1) is 24.2 Å². The molecule has 2 bridgehead atoms. The highest BCUT2D eigenvalue weighted by molar-refractivity contribution is 7.09. The Bertz CT molecular complexity index is 1140. The number of aryl methyl sites for hydroxylation is 1. The molecule has 8 nitrogen and oxygen atoms in total. The van der Waals surface area contributed by atoms with Gasteiger partial charge in [-0.3, -0.25) is 9.59 Å². The number of rotatable bonds is 2. The van der Waals surface area contributed by atoms with E-state index in [1.54, 1.807) is 13.8 Å². The van der Waals surface area contributed by atoms with Crippen molar-refractivity contribution in [3.63, 3.8) is 0 Å². The predicted octanol–water partition coefficient (Wildman–Crippen LogP) is 4.73. The Morgan fingerprint density at radius 3 is 2.67 bits per heavy atom. The predicted molar refractivity (Wildman–Crippen MR) is 150 cm³/mol. The Kier molecular flexibility index (Phi) is 10.8. The molecule has 0 radical (unpaired) electrons. The monoisotopic (exact) mass is 559 g/mol. The van der Waals surface area contributed by atoms with Gasteiger partial charge in [0.2, 0.25) is 0 Å². The third-order valence-corrected chi connectivity index (χ3v) is 8.73. The average molecular weight is 560 g/mol. The van der Waals surface area contributed by atoms with E-state index in [1.807, 2.05) is 38.3 Å². The van der Waals surface area contributed by atoms with Crippen LogP contribution >= 0.6 is 11.3 Å². The summed E-state index contributed by atoms with van der Waals surface area (Å²) in [6.07, 6.45) is 5.58. The van der Waals surface area contributed by atoms with Gasteiger partial charge < -0.3 is 19.7 Å². The van der Waals surface area contributed by atoms with Gasteiger partial charge in [0.25, 0.3) is 0 Å². The van der Waals surface area contributed by atoms with E-state index in [1.165, 1.54) is 23.5 Å². The van der Waals surface area contributed by atoms with E-state index in [2.05, 4.69) is 4.98 Å². The summed E-state index contributed by atoms with van der Waals surface area (Å²) in [5.74, 6) is -2.48. The molecule has 2 aliphatic heterocycles. The fraction of sp³-hybridized carbons (Fsp3) is 0.600. The number of Topliss-reactive ketones (excluding diaryl/α,β-unsaturated/α-hetero) is 1. The summed E-state index contributed by atoms with van der Waals surface area (Å²) in [4.78, 5) is 43.8. The molecule has 1 aromatic rings. The largest absolute Gasteiger partial charge is 0.458 e. The summed E-state index contributed by atoms with van der Waals surface area (Å²) in [6.45, 7) is 9.01. The maximum atomic E-state index is 13.7. The molecular formula is C30H41NO7S. The summed E-state index contributed by atoms with van der Waals surface area (Å²) in [5, 5.41) is 25.1. The Labute approximate surface area is 234 Å². The molecule has 6 atom stereocenters. The first kappa shape index (κ1) is 30.9. The summed E-state index contributed by atoms with van der Waals surface area (Å²) < 4.78 is 11.4. The van der Waals surface area contributed by atoms with E-state index in [0.717, 1.165) is 28.3 Å². The Morgan fingerprint density at radius 2 is 1.97 bits per heavy atom. The highest BCUT2D eigenvalue weighted by Crippen LogP contribution is 2.36. The number of carbonyl (C=O) groups excluding carboxylic acids is 3. The third kappa shape index (κ3) is 8.19. The number of ether oxygens (including phenoxy) is 2. The first-order valence-corrected chi connectivity index (χ1v) is 14.5. The zero-order chi connectivity index (χ0) is 28.7. The van der Waals surface area contributed by atoms with Crippen molar-refractivity contribution in [1.82, 2.24) is 4.98 Å². The van der Waals surface area contributed by atoms with E-state index in [0.29, 0.717) is 19.3 Å². The molecule has 0 saturated carbocycles. The van der Waals surface area contributed by atoms with E-state index in [4.69, 9.17) is 9.47 Å². The van der Waals surface area contributed by atoms with Crippen LogP contribution in [0.2, 0.25) is 0 Å². The van der Waals surface area contributed by atoms with Crippen molar-refractivity contribution in [1.29, 1.82) is 0 Å². The van der Waals surface area contributed by atoms with Crippen LogP contribution in [0.3, 0.4) is 0 Å². The van der Waals surface area contributed by atoms with Crippen molar-refractivity contribution in [3.8, 4) is 0 Å². The number of fused-ring (bicyclic) bond motifs is 6. The molecule has 1 aromatic heterocycles. The summed E-state index contributed by atoms with van der Waals surface area (Å²) in [6, 6.07) is 0. The molecule has 2 N–H and O–H groups in total. The quantitative estimate of drug-likeness (QED) is 0.394. The first-order valence-electron chi connectivity index (χ1n) is 13.6. The minimum Gasteiger partial charge on any atom is -0.458 e. The number of carbonyl (C=O) groups is 3. The van der Waals surface area contributed by atoms with E-state index >= 15 is 0 Å². The number of thiazole rings is 1. The molecule has 3 heterocycles. The lowest BCUT2D eigenvalue weighted by Crippen LogP contribution is -2.47. The third-order valence-electron chi connectivity index (χ3n) is 7.93. The SMILES string of the molecule is C/C(=C\c1csc(C)n1)[C@@H]1CC=C2CCC[C@H](C)[C@H](O)[C@@H](C)C(=O)[C@](C)(C/C=C\C(=O)OC2)[C@@H](O)CC(=O)O1. The van der Waals surface area contributed by atoms with Crippen LogP contribution in [0.25, 0.3) is 6.08 Å². The summed E-state index contributed by atoms with van der Waals surface area (Å²) >= 11 is 1.53. The second kappa shape index (κ2) is 13.6. The fourth-order valence-corrected chi connectivity index (χ4v) is 5.77. The highest BCUT2D eigenvalue weighted by Gasteiger charge is 2.45.